The largest absolute Gasteiger partial charge is 0.371 e. The van der Waals surface area contributed by atoms with Crippen LogP contribution in [0, 0.1) is 0 Å². The van der Waals surface area contributed by atoms with E-state index in [1.165, 1.54) is 0 Å². The van der Waals surface area contributed by atoms with Crippen molar-refractivity contribution in [1.82, 2.24) is 0 Å². The molecule has 2 nitrogen and oxygen atoms in total. The molecule has 1 aliphatic heterocycles. The molecule has 1 saturated heterocycles. The maximum absolute atomic E-state index is 10.6. The van der Waals surface area contributed by atoms with Crippen LogP contribution in [0.5, 0.6) is 0 Å². The molecule has 1 fully saturated rings. The minimum atomic E-state index is -0.439. The third kappa shape index (κ3) is 1.52. The maximum Gasteiger partial charge on any atom is 0.151 e. The Kier molecular flexibility index (Phi) is 2.74. The van der Waals surface area contributed by atoms with Crippen LogP contribution in [0.25, 0.3) is 0 Å². The summed E-state index contributed by atoms with van der Waals surface area (Å²) in [6.45, 7) is 0. The molecule has 0 saturated carbocycles. The monoisotopic (exact) mass is 160 g/mol. The Morgan fingerprint density at radius 3 is 2.40 bits per heavy atom. The molecule has 0 aromatic carbocycles. The molecule has 0 spiro atoms. The first-order valence-electron chi connectivity index (χ1n) is 3.42. The molecule has 0 N–H and O–H groups in total. The van der Waals surface area contributed by atoms with E-state index < -0.39 is 5.60 Å². The summed E-state index contributed by atoms with van der Waals surface area (Å²) in [5.74, 6) is 2.10. The zero-order chi connectivity index (χ0) is 7.45. The van der Waals surface area contributed by atoms with Crippen LogP contribution in [-0.2, 0) is 9.53 Å². The van der Waals surface area contributed by atoms with E-state index in [2.05, 4.69) is 0 Å². The van der Waals surface area contributed by atoms with Gasteiger partial charge in [0.15, 0.2) is 6.29 Å². The number of carbonyl (C=O) groups excluding carboxylic acids is 1. The highest BCUT2D eigenvalue weighted by Crippen LogP contribution is 2.27. The molecule has 0 amide bonds. The lowest BCUT2D eigenvalue weighted by atomic mass is 9.99. The molecule has 1 aliphatic rings. The van der Waals surface area contributed by atoms with E-state index in [1.54, 1.807) is 7.11 Å². The SMILES string of the molecule is COC1(C=O)CCSCC1. The summed E-state index contributed by atoms with van der Waals surface area (Å²) in [7, 11) is 1.62. The normalized spacial score (nSPS) is 24.1. The molecule has 0 aromatic heterocycles. The van der Waals surface area contributed by atoms with Gasteiger partial charge in [-0.15, -0.1) is 0 Å². The number of thioether (sulfide) groups is 1. The maximum atomic E-state index is 10.6. The van der Waals surface area contributed by atoms with E-state index >= 15 is 0 Å². The molecule has 0 atom stereocenters. The van der Waals surface area contributed by atoms with Crippen LogP contribution in [0.1, 0.15) is 12.8 Å². The van der Waals surface area contributed by atoms with Crippen molar-refractivity contribution >= 4 is 18.0 Å². The highest BCUT2D eigenvalue weighted by Gasteiger charge is 2.31. The molecule has 0 bridgehead atoms. The zero-order valence-electron chi connectivity index (χ0n) is 6.13. The van der Waals surface area contributed by atoms with Crippen molar-refractivity contribution in [3.63, 3.8) is 0 Å². The average molecular weight is 160 g/mol. The van der Waals surface area contributed by atoms with Crippen LogP contribution >= 0.6 is 11.8 Å². The molecular formula is C7H12O2S. The van der Waals surface area contributed by atoms with Gasteiger partial charge in [0.2, 0.25) is 0 Å². The van der Waals surface area contributed by atoms with Crippen LogP contribution in [0.3, 0.4) is 0 Å². The fraction of sp³-hybridized carbons (Fsp3) is 0.857. The summed E-state index contributed by atoms with van der Waals surface area (Å²) in [6, 6.07) is 0. The van der Waals surface area contributed by atoms with E-state index in [-0.39, 0.29) is 0 Å². The van der Waals surface area contributed by atoms with Crippen molar-refractivity contribution < 1.29 is 9.53 Å². The van der Waals surface area contributed by atoms with Crippen LogP contribution in [0.15, 0.2) is 0 Å². The number of hydrogen-bond donors (Lipinski definition) is 0. The van der Waals surface area contributed by atoms with Gasteiger partial charge in [0, 0.05) is 7.11 Å². The first-order valence-corrected chi connectivity index (χ1v) is 4.58. The second-order valence-corrected chi connectivity index (χ2v) is 3.72. The molecule has 1 heterocycles. The van der Waals surface area contributed by atoms with Gasteiger partial charge in [0.25, 0.3) is 0 Å². The van der Waals surface area contributed by atoms with Gasteiger partial charge in [-0.2, -0.15) is 11.8 Å². The standard InChI is InChI=1S/C7H12O2S/c1-9-7(6-8)2-4-10-5-3-7/h6H,2-5H2,1H3. The smallest absolute Gasteiger partial charge is 0.151 e. The number of rotatable bonds is 2. The van der Waals surface area contributed by atoms with Crippen molar-refractivity contribution in [2.75, 3.05) is 18.6 Å². The van der Waals surface area contributed by atoms with E-state index in [0.29, 0.717) is 0 Å². The molecule has 10 heavy (non-hydrogen) atoms. The van der Waals surface area contributed by atoms with E-state index in [1.807, 2.05) is 11.8 Å². The summed E-state index contributed by atoms with van der Waals surface area (Å²) in [5, 5.41) is 0. The molecule has 58 valence electrons. The fourth-order valence-corrected chi connectivity index (χ4v) is 2.27. The highest BCUT2D eigenvalue weighted by molar-refractivity contribution is 7.99. The third-order valence-corrected chi connectivity index (χ3v) is 2.95. The minimum Gasteiger partial charge on any atom is -0.371 e. The molecule has 1 rings (SSSR count). The quantitative estimate of drug-likeness (QED) is 0.566. The highest BCUT2D eigenvalue weighted by atomic mass is 32.2. The lowest BCUT2D eigenvalue weighted by Crippen LogP contribution is -2.37. The van der Waals surface area contributed by atoms with Crippen molar-refractivity contribution in [3.05, 3.63) is 0 Å². The second kappa shape index (κ2) is 3.39. The predicted molar refractivity (Wildman–Crippen MR) is 42.4 cm³/mol. The van der Waals surface area contributed by atoms with Crippen molar-refractivity contribution in [2.45, 2.75) is 18.4 Å². The summed E-state index contributed by atoms with van der Waals surface area (Å²) in [5.41, 5.74) is -0.439. The summed E-state index contributed by atoms with van der Waals surface area (Å²) < 4.78 is 5.15. The molecule has 3 heteroatoms. The molecule has 0 aromatic rings. The summed E-state index contributed by atoms with van der Waals surface area (Å²) >= 11 is 1.89. The Bertz CT molecular complexity index is 119. The van der Waals surface area contributed by atoms with E-state index in [9.17, 15) is 4.79 Å². The lowest BCUT2D eigenvalue weighted by molar-refractivity contribution is -0.128. The van der Waals surface area contributed by atoms with Gasteiger partial charge in [0.1, 0.15) is 5.60 Å². The van der Waals surface area contributed by atoms with Gasteiger partial charge in [-0.05, 0) is 24.3 Å². The fourth-order valence-electron chi connectivity index (χ4n) is 1.09. The lowest BCUT2D eigenvalue weighted by Gasteiger charge is -2.29. The molecule has 0 radical (unpaired) electrons. The topological polar surface area (TPSA) is 26.3 Å². The number of ether oxygens (including phenoxy) is 1. The minimum absolute atomic E-state index is 0.439. The number of carbonyl (C=O) groups is 1. The number of methoxy groups -OCH3 is 1. The van der Waals surface area contributed by atoms with Crippen LogP contribution in [0.2, 0.25) is 0 Å². The van der Waals surface area contributed by atoms with E-state index in [0.717, 1.165) is 30.6 Å². The van der Waals surface area contributed by atoms with Gasteiger partial charge < -0.3 is 9.53 Å². The van der Waals surface area contributed by atoms with Crippen LogP contribution < -0.4 is 0 Å². The molecule has 0 unspecified atom stereocenters. The Morgan fingerprint density at radius 2 is 2.10 bits per heavy atom. The van der Waals surface area contributed by atoms with Crippen LogP contribution in [-0.4, -0.2) is 30.5 Å². The zero-order valence-corrected chi connectivity index (χ0v) is 6.95. The Balaban J connectivity index is 2.52. The summed E-state index contributed by atoms with van der Waals surface area (Å²) in [6.07, 6.45) is 2.70. The number of hydrogen-bond acceptors (Lipinski definition) is 3. The van der Waals surface area contributed by atoms with Crippen LogP contribution in [0.4, 0.5) is 0 Å². The van der Waals surface area contributed by atoms with Gasteiger partial charge in [-0.25, -0.2) is 0 Å². The van der Waals surface area contributed by atoms with Gasteiger partial charge in [0.05, 0.1) is 0 Å². The predicted octanol–water partition coefficient (Wildman–Crippen LogP) is 1.10. The third-order valence-electron chi connectivity index (χ3n) is 1.96. The van der Waals surface area contributed by atoms with Crippen molar-refractivity contribution in [1.29, 1.82) is 0 Å². The molecular weight excluding hydrogens is 148 g/mol. The van der Waals surface area contributed by atoms with Gasteiger partial charge >= 0.3 is 0 Å². The Morgan fingerprint density at radius 1 is 1.50 bits per heavy atom. The second-order valence-electron chi connectivity index (χ2n) is 2.50. The summed E-state index contributed by atoms with van der Waals surface area (Å²) in [4.78, 5) is 10.6. The van der Waals surface area contributed by atoms with Crippen molar-refractivity contribution in [2.24, 2.45) is 0 Å². The molecule has 0 aliphatic carbocycles. The first kappa shape index (κ1) is 8.08. The van der Waals surface area contributed by atoms with Crippen molar-refractivity contribution in [3.8, 4) is 0 Å². The Labute approximate surface area is 65.3 Å². The van der Waals surface area contributed by atoms with E-state index in [4.69, 9.17) is 4.74 Å². The first-order chi connectivity index (χ1) is 4.83. The van der Waals surface area contributed by atoms with Gasteiger partial charge in [-0.3, -0.25) is 0 Å². The Hall–Kier alpha value is -0.0200. The average Bonchev–Trinajstić information content (AvgIpc) is 2.06. The van der Waals surface area contributed by atoms with Gasteiger partial charge in [-0.1, -0.05) is 0 Å². The number of aldehydes is 1.